The van der Waals surface area contributed by atoms with Gasteiger partial charge in [-0.25, -0.2) is 0 Å². The van der Waals surface area contributed by atoms with Gasteiger partial charge in [0.05, 0.1) is 11.3 Å². The van der Waals surface area contributed by atoms with Crippen LogP contribution in [0.5, 0.6) is 0 Å². The molecule has 0 heterocycles. The molecule has 0 aliphatic heterocycles. The predicted octanol–water partition coefficient (Wildman–Crippen LogP) is 1.41. The molecule has 0 radical (unpaired) electrons. The quantitative estimate of drug-likeness (QED) is 0.804. The molecule has 0 saturated heterocycles. The summed E-state index contributed by atoms with van der Waals surface area (Å²) in [6.07, 6.45) is 0. The molecule has 0 bridgehead atoms. The Balaban J connectivity index is 2.94. The van der Waals surface area contributed by atoms with Gasteiger partial charge in [0.2, 0.25) is 5.91 Å². The second-order valence-electron chi connectivity index (χ2n) is 3.59. The number of carbonyl (C=O) groups is 1. The number of likely N-dealkylation sites (N-methyl/N-ethyl adjacent to an activating group) is 1. The Morgan fingerprint density at radius 2 is 2.19 bits per heavy atom. The lowest BCUT2D eigenvalue weighted by Gasteiger charge is -2.15. The van der Waals surface area contributed by atoms with E-state index in [2.05, 4.69) is 16.7 Å². The largest absolute Gasteiger partial charge is 0.373 e. The standard InChI is InChI=1S/C12H15N3O/c1-8-5-4-6-11(10(8)7-13)15-9(2)12(16)14-3/h4-6,9,15H,1-3H3,(H,14,16). The minimum atomic E-state index is -0.362. The van der Waals surface area contributed by atoms with E-state index in [0.29, 0.717) is 11.3 Å². The molecule has 4 nitrogen and oxygen atoms in total. The van der Waals surface area contributed by atoms with E-state index in [1.54, 1.807) is 20.0 Å². The lowest BCUT2D eigenvalue weighted by molar-refractivity contribution is -0.121. The zero-order chi connectivity index (χ0) is 12.1. The Morgan fingerprint density at radius 1 is 1.50 bits per heavy atom. The normalized spacial score (nSPS) is 11.4. The fourth-order valence-corrected chi connectivity index (χ4v) is 1.45. The van der Waals surface area contributed by atoms with Crippen LogP contribution in [0.2, 0.25) is 0 Å². The maximum Gasteiger partial charge on any atom is 0.241 e. The molecule has 0 fully saturated rings. The number of nitriles is 1. The van der Waals surface area contributed by atoms with Crippen molar-refractivity contribution >= 4 is 11.6 Å². The van der Waals surface area contributed by atoms with Gasteiger partial charge in [-0.1, -0.05) is 12.1 Å². The molecule has 1 unspecified atom stereocenters. The van der Waals surface area contributed by atoms with Crippen molar-refractivity contribution < 1.29 is 4.79 Å². The fraction of sp³-hybridized carbons (Fsp3) is 0.333. The molecule has 84 valence electrons. The van der Waals surface area contributed by atoms with Crippen LogP contribution in [0, 0.1) is 18.3 Å². The molecule has 1 rings (SSSR count). The van der Waals surface area contributed by atoms with Crippen LogP contribution in [0.4, 0.5) is 5.69 Å². The smallest absolute Gasteiger partial charge is 0.241 e. The Bertz CT molecular complexity index is 434. The molecule has 1 amide bonds. The van der Waals surface area contributed by atoms with Crippen molar-refractivity contribution in [3.63, 3.8) is 0 Å². The minimum Gasteiger partial charge on any atom is -0.373 e. The zero-order valence-corrected chi connectivity index (χ0v) is 9.66. The van der Waals surface area contributed by atoms with E-state index in [-0.39, 0.29) is 11.9 Å². The Hall–Kier alpha value is -2.02. The minimum absolute atomic E-state index is 0.106. The SMILES string of the molecule is CNC(=O)C(C)Nc1cccc(C)c1C#N. The lowest BCUT2D eigenvalue weighted by atomic mass is 10.1. The average molecular weight is 217 g/mol. The van der Waals surface area contributed by atoms with E-state index in [1.165, 1.54) is 0 Å². The number of rotatable bonds is 3. The molecule has 0 aliphatic carbocycles. The van der Waals surface area contributed by atoms with Crippen LogP contribution in [-0.4, -0.2) is 19.0 Å². The molecule has 4 heteroatoms. The van der Waals surface area contributed by atoms with Gasteiger partial charge in [0.25, 0.3) is 0 Å². The van der Waals surface area contributed by atoms with E-state index in [9.17, 15) is 4.79 Å². The molecule has 0 aliphatic rings. The highest BCUT2D eigenvalue weighted by molar-refractivity contribution is 5.84. The van der Waals surface area contributed by atoms with Gasteiger partial charge in [0.1, 0.15) is 12.1 Å². The summed E-state index contributed by atoms with van der Waals surface area (Å²) in [4.78, 5) is 11.3. The van der Waals surface area contributed by atoms with E-state index >= 15 is 0 Å². The van der Waals surface area contributed by atoms with Crippen LogP contribution in [0.1, 0.15) is 18.1 Å². The number of nitrogens with zero attached hydrogens (tertiary/aromatic N) is 1. The summed E-state index contributed by atoms with van der Waals surface area (Å²) in [5, 5.41) is 14.6. The van der Waals surface area contributed by atoms with Crippen molar-refractivity contribution in [1.82, 2.24) is 5.32 Å². The van der Waals surface area contributed by atoms with Gasteiger partial charge in [0.15, 0.2) is 0 Å². The average Bonchev–Trinajstić information content (AvgIpc) is 2.28. The third-order valence-corrected chi connectivity index (χ3v) is 2.40. The van der Waals surface area contributed by atoms with Crippen molar-refractivity contribution in [3.8, 4) is 6.07 Å². The van der Waals surface area contributed by atoms with Gasteiger partial charge in [-0.3, -0.25) is 4.79 Å². The third-order valence-electron chi connectivity index (χ3n) is 2.40. The van der Waals surface area contributed by atoms with Crippen LogP contribution in [0.3, 0.4) is 0 Å². The first-order valence-corrected chi connectivity index (χ1v) is 5.08. The highest BCUT2D eigenvalue weighted by Crippen LogP contribution is 2.18. The van der Waals surface area contributed by atoms with Crippen LogP contribution in [-0.2, 0) is 4.79 Å². The van der Waals surface area contributed by atoms with Crippen LogP contribution >= 0.6 is 0 Å². The molecule has 16 heavy (non-hydrogen) atoms. The van der Waals surface area contributed by atoms with Crippen LogP contribution in [0.15, 0.2) is 18.2 Å². The van der Waals surface area contributed by atoms with E-state index < -0.39 is 0 Å². The Morgan fingerprint density at radius 3 is 2.75 bits per heavy atom. The van der Waals surface area contributed by atoms with Gasteiger partial charge in [0, 0.05) is 7.05 Å². The van der Waals surface area contributed by atoms with Gasteiger partial charge < -0.3 is 10.6 Å². The van der Waals surface area contributed by atoms with Crippen molar-refractivity contribution in [3.05, 3.63) is 29.3 Å². The zero-order valence-electron chi connectivity index (χ0n) is 9.66. The van der Waals surface area contributed by atoms with Gasteiger partial charge in [-0.05, 0) is 25.5 Å². The van der Waals surface area contributed by atoms with Gasteiger partial charge >= 0.3 is 0 Å². The summed E-state index contributed by atoms with van der Waals surface area (Å²) in [5.41, 5.74) is 2.17. The number of hydrogen-bond donors (Lipinski definition) is 2. The number of anilines is 1. The molecule has 1 atom stereocenters. The van der Waals surface area contributed by atoms with Crippen molar-refractivity contribution in [2.45, 2.75) is 19.9 Å². The molecule has 0 saturated carbocycles. The van der Waals surface area contributed by atoms with E-state index in [4.69, 9.17) is 5.26 Å². The predicted molar refractivity (Wildman–Crippen MR) is 63.0 cm³/mol. The second-order valence-corrected chi connectivity index (χ2v) is 3.59. The molecule has 2 N–H and O–H groups in total. The summed E-state index contributed by atoms with van der Waals surface area (Å²) in [5.74, 6) is -0.106. The number of aryl methyl sites for hydroxylation is 1. The van der Waals surface area contributed by atoms with Gasteiger partial charge in [-0.15, -0.1) is 0 Å². The number of nitrogens with one attached hydrogen (secondary N) is 2. The lowest BCUT2D eigenvalue weighted by Crippen LogP contribution is -2.35. The van der Waals surface area contributed by atoms with Crippen LogP contribution in [0.25, 0.3) is 0 Å². The number of carbonyl (C=O) groups excluding carboxylic acids is 1. The first-order chi connectivity index (χ1) is 7.60. The summed E-state index contributed by atoms with van der Waals surface area (Å²) in [6.45, 7) is 3.62. The fourth-order valence-electron chi connectivity index (χ4n) is 1.45. The molecular weight excluding hydrogens is 202 g/mol. The number of benzene rings is 1. The maximum absolute atomic E-state index is 11.3. The molecule has 1 aromatic rings. The first-order valence-electron chi connectivity index (χ1n) is 5.08. The maximum atomic E-state index is 11.3. The highest BCUT2D eigenvalue weighted by Gasteiger charge is 2.13. The third kappa shape index (κ3) is 2.51. The van der Waals surface area contributed by atoms with Crippen molar-refractivity contribution in [1.29, 1.82) is 5.26 Å². The van der Waals surface area contributed by atoms with E-state index in [1.807, 2.05) is 19.1 Å². The first kappa shape index (κ1) is 12.1. The summed E-state index contributed by atoms with van der Waals surface area (Å²) >= 11 is 0. The monoisotopic (exact) mass is 217 g/mol. The summed E-state index contributed by atoms with van der Waals surface area (Å²) < 4.78 is 0. The topological polar surface area (TPSA) is 64.9 Å². The molecule has 0 aromatic heterocycles. The van der Waals surface area contributed by atoms with E-state index in [0.717, 1.165) is 5.56 Å². The summed E-state index contributed by atoms with van der Waals surface area (Å²) in [6, 6.07) is 7.29. The second kappa shape index (κ2) is 5.17. The van der Waals surface area contributed by atoms with Crippen molar-refractivity contribution in [2.24, 2.45) is 0 Å². The molecular formula is C12H15N3O. The highest BCUT2D eigenvalue weighted by atomic mass is 16.2. The number of amides is 1. The summed E-state index contributed by atoms with van der Waals surface area (Å²) in [7, 11) is 1.59. The molecule has 0 spiro atoms. The molecule has 1 aromatic carbocycles. The van der Waals surface area contributed by atoms with Crippen molar-refractivity contribution in [2.75, 3.05) is 12.4 Å². The number of hydrogen-bond acceptors (Lipinski definition) is 3. The van der Waals surface area contributed by atoms with Crippen LogP contribution < -0.4 is 10.6 Å². The Kier molecular flexibility index (Phi) is 3.90. The van der Waals surface area contributed by atoms with Gasteiger partial charge in [-0.2, -0.15) is 5.26 Å². The Labute approximate surface area is 95.3 Å².